The normalized spacial score (nSPS) is 12.0. The number of benzene rings is 4. The van der Waals surface area contributed by atoms with E-state index < -0.39 is 47.7 Å². The zero-order valence-corrected chi connectivity index (χ0v) is 20.8. The van der Waals surface area contributed by atoms with Crippen LogP contribution in [-0.4, -0.2) is 23.5 Å². The summed E-state index contributed by atoms with van der Waals surface area (Å²) in [4.78, 5) is 30.2. The molecule has 1 N–H and O–H groups in total. The van der Waals surface area contributed by atoms with E-state index in [2.05, 4.69) is 4.98 Å². The van der Waals surface area contributed by atoms with E-state index in [1.165, 1.54) is 6.07 Å². The van der Waals surface area contributed by atoms with Crippen LogP contribution in [0, 0.1) is 0 Å². The highest BCUT2D eigenvalue weighted by Gasteiger charge is 2.37. The van der Waals surface area contributed by atoms with E-state index in [1.54, 1.807) is 24.3 Å². The number of pyridine rings is 1. The van der Waals surface area contributed by atoms with Crippen LogP contribution in [0.3, 0.4) is 0 Å². The van der Waals surface area contributed by atoms with Gasteiger partial charge in [0.2, 0.25) is 0 Å². The Morgan fingerprint density at radius 1 is 0.732 bits per heavy atom. The highest BCUT2D eigenvalue weighted by Crippen LogP contribution is 2.37. The number of esters is 1. The second-order valence-electron chi connectivity index (χ2n) is 9.02. The quantitative estimate of drug-likeness (QED) is 0.173. The Hall–Kier alpha value is -4.93. The fraction of sp³-hybridized carbons (Fsp3) is 0.100. The Morgan fingerprint density at radius 3 is 2.02 bits per heavy atom. The predicted molar refractivity (Wildman–Crippen MR) is 140 cm³/mol. The van der Waals surface area contributed by atoms with E-state index in [-0.39, 0.29) is 11.6 Å². The van der Waals surface area contributed by atoms with Gasteiger partial charge in [-0.15, -0.1) is 0 Å². The monoisotopic (exact) mass is 568 g/mol. The van der Waals surface area contributed by atoms with Crippen molar-refractivity contribution in [2.75, 3.05) is 11.9 Å². The highest BCUT2D eigenvalue weighted by molar-refractivity contribution is 6.07. The largest absolute Gasteiger partial charge is 0.452 e. The first-order valence-corrected chi connectivity index (χ1v) is 12.0. The summed E-state index contributed by atoms with van der Waals surface area (Å²) < 4.78 is 83.9. The molecule has 208 valence electrons. The van der Waals surface area contributed by atoms with Crippen LogP contribution in [0.25, 0.3) is 32.9 Å². The molecule has 0 saturated heterocycles. The topological polar surface area (TPSA) is 68.3 Å². The number of nitrogens with one attached hydrogen (secondary N) is 1. The predicted octanol–water partition coefficient (Wildman–Crippen LogP) is 7.89. The van der Waals surface area contributed by atoms with Gasteiger partial charge in [-0.2, -0.15) is 26.3 Å². The van der Waals surface area contributed by atoms with Crippen LogP contribution in [0.1, 0.15) is 21.5 Å². The van der Waals surface area contributed by atoms with Crippen LogP contribution in [-0.2, 0) is 21.9 Å². The zero-order valence-electron chi connectivity index (χ0n) is 20.8. The number of hydrogen-bond donors (Lipinski definition) is 1. The minimum atomic E-state index is -5.09. The van der Waals surface area contributed by atoms with Gasteiger partial charge in [0, 0.05) is 16.6 Å². The number of ether oxygens (including phenoxy) is 1. The molecule has 4 aromatic carbocycles. The number of hydrogen-bond acceptors (Lipinski definition) is 4. The van der Waals surface area contributed by atoms with Gasteiger partial charge in [-0.3, -0.25) is 4.79 Å². The standard InChI is InChI=1S/C30H18F6N2O3/c31-29(32,33)18-12-19(30(34,35)36)14-20(13-18)37-27(39)16-41-28(40)24-15-26(38-25-11-4-3-9-23(24)25)22-10-5-7-17-6-1-2-8-21(17)22/h1-15H,16H2,(H,37,39). The van der Waals surface area contributed by atoms with E-state index in [0.29, 0.717) is 28.7 Å². The molecule has 0 fully saturated rings. The summed E-state index contributed by atoms with van der Waals surface area (Å²) in [5.41, 5.74) is -2.19. The van der Waals surface area contributed by atoms with Crippen molar-refractivity contribution in [3.05, 3.63) is 108 Å². The number of amides is 1. The number of fused-ring (bicyclic) bond motifs is 2. The van der Waals surface area contributed by atoms with Gasteiger partial charge in [0.25, 0.3) is 5.91 Å². The molecule has 0 aliphatic carbocycles. The first-order chi connectivity index (χ1) is 19.4. The summed E-state index contributed by atoms with van der Waals surface area (Å²) in [6.07, 6.45) is -10.2. The third-order valence-electron chi connectivity index (χ3n) is 6.21. The van der Waals surface area contributed by atoms with Crippen LogP contribution in [0.2, 0.25) is 0 Å². The van der Waals surface area contributed by atoms with Crippen molar-refractivity contribution in [1.82, 2.24) is 4.98 Å². The lowest BCUT2D eigenvalue weighted by Crippen LogP contribution is -2.22. The van der Waals surface area contributed by atoms with Crippen molar-refractivity contribution in [2.24, 2.45) is 0 Å². The molecule has 1 aromatic heterocycles. The smallest absolute Gasteiger partial charge is 0.416 e. The maximum absolute atomic E-state index is 13.1. The van der Waals surface area contributed by atoms with Crippen molar-refractivity contribution in [2.45, 2.75) is 12.4 Å². The molecule has 0 radical (unpaired) electrons. The van der Waals surface area contributed by atoms with Gasteiger partial charge >= 0.3 is 18.3 Å². The van der Waals surface area contributed by atoms with Crippen molar-refractivity contribution >= 4 is 39.2 Å². The Balaban J connectivity index is 1.41. The second-order valence-corrected chi connectivity index (χ2v) is 9.02. The summed E-state index contributed by atoms with van der Waals surface area (Å²) in [7, 11) is 0. The van der Waals surface area contributed by atoms with Gasteiger partial charge in [-0.1, -0.05) is 60.7 Å². The molecular weight excluding hydrogens is 550 g/mol. The molecule has 0 unspecified atom stereocenters. The summed E-state index contributed by atoms with van der Waals surface area (Å²) >= 11 is 0. The van der Waals surface area contributed by atoms with Crippen molar-refractivity contribution < 1.29 is 40.7 Å². The van der Waals surface area contributed by atoms with Crippen LogP contribution >= 0.6 is 0 Å². The van der Waals surface area contributed by atoms with Crippen molar-refractivity contribution in [3.8, 4) is 11.3 Å². The first-order valence-electron chi connectivity index (χ1n) is 12.0. The molecule has 0 aliphatic heterocycles. The number of anilines is 1. The molecule has 0 aliphatic rings. The van der Waals surface area contributed by atoms with E-state index in [4.69, 9.17) is 4.74 Å². The number of halogens is 6. The molecule has 11 heteroatoms. The Morgan fingerprint density at radius 2 is 1.34 bits per heavy atom. The number of carbonyl (C=O) groups excluding carboxylic acids is 2. The molecule has 5 nitrogen and oxygen atoms in total. The van der Waals surface area contributed by atoms with Gasteiger partial charge in [-0.05, 0) is 41.1 Å². The van der Waals surface area contributed by atoms with Gasteiger partial charge in [0.15, 0.2) is 6.61 Å². The van der Waals surface area contributed by atoms with Gasteiger partial charge < -0.3 is 10.1 Å². The number of para-hydroxylation sites is 1. The fourth-order valence-electron chi connectivity index (χ4n) is 4.36. The SMILES string of the molecule is O=C(COC(=O)c1cc(-c2cccc3ccccc23)nc2ccccc12)Nc1cc(C(F)(F)F)cc(C(F)(F)F)c1. The Bertz CT molecular complexity index is 1760. The fourth-order valence-corrected chi connectivity index (χ4v) is 4.36. The van der Waals surface area contributed by atoms with E-state index in [9.17, 15) is 35.9 Å². The summed E-state index contributed by atoms with van der Waals surface area (Å²) in [5, 5.41) is 4.20. The molecule has 0 atom stereocenters. The minimum Gasteiger partial charge on any atom is -0.452 e. The molecule has 0 spiro atoms. The minimum absolute atomic E-state index is 0.0578. The molecule has 5 aromatic rings. The molecule has 0 saturated carbocycles. The molecule has 41 heavy (non-hydrogen) atoms. The van der Waals surface area contributed by atoms with Gasteiger partial charge in [-0.25, -0.2) is 9.78 Å². The lowest BCUT2D eigenvalue weighted by molar-refractivity contribution is -0.143. The summed E-state index contributed by atoms with van der Waals surface area (Å²) in [6, 6.07) is 22.1. The number of alkyl halides is 6. The maximum Gasteiger partial charge on any atom is 0.416 e. The van der Waals surface area contributed by atoms with Crippen LogP contribution < -0.4 is 5.32 Å². The third-order valence-corrected chi connectivity index (χ3v) is 6.21. The maximum atomic E-state index is 13.1. The summed E-state index contributed by atoms with van der Waals surface area (Å²) in [5.74, 6) is -2.06. The van der Waals surface area contributed by atoms with Crippen LogP contribution in [0.4, 0.5) is 32.0 Å². The van der Waals surface area contributed by atoms with E-state index in [0.717, 1.165) is 16.3 Å². The number of aromatic nitrogens is 1. The third kappa shape index (κ3) is 5.98. The molecule has 0 bridgehead atoms. The van der Waals surface area contributed by atoms with E-state index >= 15 is 0 Å². The first kappa shape index (κ1) is 27.6. The molecule has 1 heterocycles. The average Bonchev–Trinajstić information content (AvgIpc) is 2.94. The highest BCUT2D eigenvalue weighted by atomic mass is 19.4. The Labute approximate surface area is 228 Å². The number of carbonyl (C=O) groups is 2. The second kappa shape index (κ2) is 10.6. The molecule has 1 amide bonds. The summed E-state index contributed by atoms with van der Waals surface area (Å²) in [6.45, 7) is -0.962. The molecule has 5 rings (SSSR count). The van der Waals surface area contributed by atoms with Crippen LogP contribution in [0.5, 0.6) is 0 Å². The van der Waals surface area contributed by atoms with Crippen molar-refractivity contribution in [1.29, 1.82) is 0 Å². The Kier molecular flexibility index (Phi) is 7.12. The lowest BCUT2D eigenvalue weighted by Gasteiger charge is -2.15. The number of nitrogens with zero attached hydrogens (tertiary/aromatic N) is 1. The zero-order chi connectivity index (χ0) is 29.4. The van der Waals surface area contributed by atoms with Gasteiger partial charge in [0.1, 0.15) is 0 Å². The van der Waals surface area contributed by atoms with E-state index in [1.807, 2.05) is 47.8 Å². The van der Waals surface area contributed by atoms with Gasteiger partial charge in [0.05, 0.1) is 27.9 Å². The lowest BCUT2D eigenvalue weighted by atomic mass is 9.99. The van der Waals surface area contributed by atoms with Crippen molar-refractivity contribution in [3.63, 3.8) is 0 Å². The van der Waals surface area contributed by atoms with Crippen LogP contribution in [0.15, 0.2) is 91.0 Å². The average molecular weight is 568 g/mol. The molecular formula is C30H18F6N2O3. The number of rotatable bonds is 5.